The van der Waals surface area contributed by atoms with Crippen molar-refractivity contribution in [3.8, 4) is 17.2 Å². The van der Waals surface area contributed by atoms with Gasteiger partial charge in [0.2, 0.25) is 0 Å². The van der Waals surface area contributed by atoms with Crippen LogP contribution in [0.5, 0.6) is 17.2 Å². The Morgan fingerprint density at radius 1 is 1.13 bits per heavy atom. The monoisotopic (exact) mass is 529 g/mol. The van der Waals surface area contributed by atoms with E-state index in [9.17, 15) is 9.90 Å². The highest BCUT2D eigenvalue weighted by atomic mass is 19.1. The Hall–Kier alpha value is -3.46. The van der Waals surface area contributed by atoms with E-state index in [1.165, 1.54) is 0 Å². The number of hydrogen-bond acceptors (Lipinski definition) is 7. The first-order valence-corrected chi connectivity index (χ1v) is 12.9. The average Bonchev–Trinajstić information content (AvgIpc) is 3.18. The topological polar surface area (TPSA) is 99.2 Å². The average molecular weight is 530 g/mol. The minimum absolute atomic E-state index is 0.0122. The third kappa shape index (κ3) is 5.83. The van der Waals surface area contributed by atoms with Gasteiger partial charge in [-0.3, -0.25) is 4.79 Å². The molecule has 8 nitrogen and oxygen atoms in total. The molecule has 3 N–H and O–H groups in total. The minimum atomic E-state index is -0.608. The third-order valence-corrected chi connectivity index (χ3v) is 6.45. The number of fused-ring (bicyclic) bond motifs is 1. The van der Waals surface area contributed by atoms with Gasteiger partial charge in [-0.15, -0.1) is 0 Å². The number of benzene rings is 2. The third-order valence-electron chi connectivity index (χ3n) is 6.45. The van der Waals surface area contributed by atoms with Crippen LogP contribution >= 0.6 is 0 Å². The maximum absolute atomic E-state index is 15.5. The molecule has 0 bridgehead atoms. The SMILES string of the molecule is CCOc1cc2cn(CC(=O)c3cc(N(C)CCCO)c(OC)c(C(C)(C)C)c3)c(N)c2c(F)c1OCC. The number of Topliss-reactive ketones (excluding diaryl/α,β-unsaturated/α-hetero) is 1. The zero-order valence-corrected chi connectivity index (χ0v) is 23.5. The van der Waals surface area contributed by atoms with Crippen molar-refractivity contribution in [2.75, 3.05) is 51.2 Å². The van der Waals surface area contributed by atoms with Crippen molar-refractivity contribution in [3.05, 3.63) is 41.3 Å². The van der Waals surface area contributed by atoms with Crippen molar-refractivity contribution in [2.45, 2.75) is 53.0 Å². The molecule has 0 fully saturated rings. The number of nitrogen functional groups attached to an aromatic ring is 1. The molecule has 3 aromatic rings. The van der Waals surface area contributed by atoms with Crippen LogP contribution in [0.15, 0.2) is 24.4 Å². The molecule has 0 saturated carbocycles. The summed E-state index contributed by atoms with van der Waals surface area (Å²) < 4.78 is 33.9. The molecule has 2 aromatic carbocycles. The van der Waals surface area contributed by atoms with Gasteiger partial charge in [0, 0.05) is 42.9 Å². The van der Waals surface area contributed by atoms with Crippen LogP contribution < -0.4 is 24.8 Å². The molecule has 0 spiro atoms. The van der Waals surface area contributed by atoms with Crippen LogP contribution in [0.4, 0.5) is 15.9 Å². The Morgan fingerprint density at radius 2 is 1.82 bits per heavy atom. The summed E-state index contributed by atoms with van der Waals surface area (Å²) in [6.07, 6.45) is 2.24. The molecule has 0 aliphatic rings. The Bertz CT molecular complexity index is 1300. The van der Waals surface area contributed by atoms with Gasteiger partial charge in [-0.05, 0) is 43.9 Å². The predicted octanol–water partition coefficient (Wildman–Crippen LogP) is 5.17. The molecule has 38 heavy (non-hydrogen) atoms. The van der Waals surface area contributed by atoms with Gasteiger partial charge in [-0.2, -0.15) is 0 Å². The molecular formula is C29H40FN3O5. The largest absolute Gasteiger partial charge is 0.494 e. The van der Waals surface area contributed by atoms with Crippen LogP contribution in [0.1, 0.15) is 57.0 Å². The van der Waals surface area contributed by atoms with Crippen molar-refractivity contribution < 1.29 is 28.5 Å². The van der Waals surface area contributed by atoms with E-state index >= 15 is 4.39 Å². The van der Waals surface area contributed by atoms with Gasteiger partial charge in [-0.1, -0.05) is 20.8 Å². The molecular weight excluding hydrogens is 489 g/mol. The van der Waals surface area contributed by atoms with Crippen LogP contribution in [0.3, 0.4) is 0 Å². The lowest BCUT2D eigenvalue weighted by Gasteiger charge is -2.29. The van der Waals surface area contributed by atoms with E-state index in [4.69, 9.17) is 19.9 Å². The van der Waals surface area contributed by atoms with E-state index in [2.05, 4.69) is 20.8 Å². The second-order valence-corrected chi connectivity index (χ2v) is 10.2. The summed E-state index contributed by atoms with van der Waals surface area (Å²) in [5.74, 6) is 0.345. The Kier molecular flexibility index (Phi) is 9.14. The first-order chi connectivity index (χ1) is 18.0. The number of carbonyl (C=O) groups excluding carboxylic acids is 1. The highest BCUT2D eigenvalue weighted by Gasteiger charge is 2.26. The van der Waals surface area contributed by atoms with Crippen molar-refractivity contribution >= 4 is 28.1 Å². The van der Waals surface area contributed by atoms with Crippen molar-refractivity contribution in [1.82, 2.24) is 4.57 Å². The Morgan fingerprint density at radius 3 is 2.39 bits per heavy atom. The van der Waals surface area contributed by atoms with Crippen molar-refractivity contribution in [3.63, 3.8) is 0 Å². The first-order valence-electron chi connectivity index (χ1n) is 12.9. The molecule has 0 aliphatic carbocycles. The first kappa shape index (κ1) is 29.1. The van der Waals surface area contributed by atoms with Gasteiger partial charge >= 0.3 is 0 Å². The zero-order chi connectivity index (χ0) is 28.2. The van der Waals surface area contributed by atoms with E-state index in [0.717, 1.165) is 11.3 Å². The lowest BCUT2D eigenvalue weighted by Crippen LogP contribution is -2.23. The lowest BCUT2D eigenvalue weighted by molar-refractivity contribution is 0.0973. The summed E-state index contributed by atoms with van der Waals surface area (Å²) in [5.41, 5.74) is 8.19. The number of rotatable bonds is 12. The number of aliphatic hydroxyl groups excluding tert-OH is 1. The number of ether oxygens (including phenoxy) is 3. The van der Waals surface area contributed by atoms with E-state index < -0.39 is 5.82 Å². The number of nitrogens with zero attached hydrogens (tertiary/aromatic N) is 2. The van der Waals surface area contributed by atoms with Gasteiger partial charge in [0.25, 0.3) is 0 Å². The number of methoxy groups -OCH3 is 1. The number of aliphatic hydroxyl groups is 1. The molecule has 3 rings (SSSR count). The molecule has 1 aromatic heterocycles. The maximum atomic E-state index is 15.5. The van der Waals surface area contributed by atoms with E-state index in [0.29, 0.717) is 42.0 Å². The molecule has 0 aliphatic heterocycles. The van der Waals surface area contributed by atoms with Crippen LogP contribution in [0, 0.1) is 5.82 Å². The number of carbonyl (C=O) groups is 1. The molecule has 208 valence electrons. The summed E-state index contributed by atoms with van der Waals surface area (Å²) in [6.45, 7) is 10.9. The van der Waals surface area contributed by atoms with E-state index in [-0.39, 0.29) is 47.9 Å². The van der Waals surface area contributed by atoms with Gasteiger partial charge in [0.1, 0.15) is 11.6 Å². The highest BCUT2D eigenvalue weighted by Crippen LogP contribution is 2.41. The molecule has 0 saturated heterocycles. The maximum Gasteiger partial charge on any atom is 0.197 e. The Labute approximate surface area is 224 Å². The van der Waals surface area contributed by atoms with E-state index in [1.54, 1.807) is 36.9 Å². The smallest absolute Gasteiger partial charge is 0.197 e. The van der Waals surface area contributed by atoms with E-state index in [1.807, 2.05) is 24.9 Å². The standard InChI is InChI=1S/C29H40FN3O5/c1-8-37-23-15-19-16-33(28(31)24(19)25(30)27(23)38-9-2)17-22(35)18-13-20(29(3,4)5)26(36-7)21(14-18)32(6)11-10-12-34/h13-16,34H,8-12,17,31H2,1-7H3. The fourth-order valence-electron chi connectivity index (χ4n) is 4.55. The molecule has 0 radical (unpaired) electrons. The van der Waals surface area contributed by atoms with Crippen molar-refractivity contribution in [2.24, 2.45) is 0 Å². The number of halogens is 1. The van der Waals surface area contributed by atoms with Crippen LogP contribution in [0.2, 0.25) is 0 Å². The molecule has 0 unspecified atom stereocenters. The second kappa shape index (κ2) is 11.9. The second-order valence-electron chi connectivity index (χ2n) is 10.2. The highest BCUT2D eigenvalue weighted by molar-refractivity contribution is 6.00. The molecule has 1 heterocycles. The predicted molar refractivity (Wildman–Crippen MR) is 150 cm³/mol. The number of ketones is 1. The van der Waals surface area contributed by atoms with Gasteiger partial charge < -0.3 is 34.5 Å². The molecule has 0 amide bonds. The fraction of sp³-hybridized carbons (Fsp3) is 0.483. The number of hydrogen-bond donors (Lipinski definition) is 2. The molecule has 9 heteroatoms. The summed E-state index contributed by atoms with van der Waals surface area (Å²) >= 11 is 0. The van der Waals surface area contributed by atoms with Gasteiger partial charge in [0.15, 0.2) is 23.1 Å². The minimum Gasteiger partial charge on any atom is -0.494 e. The van der Waals surface area contributed by atoms with Gasteiger partial charge in [-0.25, -0.2) is 4.39 Å². The lowest BCUT2D eigenvalue weighted by atomic mass is 9.84. The van der Waals surface area contributed by atoms with Gasteiger partial charge in [0.05, 0.1) is 37.9 Å². The van der Waals surface area contributed by atoms with Crippen molar-refractivity contribution in [1.29, 1.82) is 0 Å². The number of anilines is 2. The summed E-state index contributed by atoms with van der Waals surface area (Å²) in [7, 11) is 3.52. The van der Waals surface area contributed by atoms with Crippen LogP contribution in [0.25, 0.3) is 10.8 Å². The zero-order valence-electron chi connectivity index (χ0n) is 23.5. The van der Waals surface area contributed by atoms with Crippen LogP contribution in [-0.4, -0.2) is 56.0 Å². The normalized spacial score (nSPS) is 11.6. The Balaban J connectivity index is 2.09. The number of aromatic nitrogens is 1. The summed E-state index contributed by atoms with van der Waals surface area (Å²) in [6, 6.07) is 5.34. The quantitative estimate of drug-likeness (QED) is 0.312. The summed E-state index contributed by atoms with van der Waals surface area (Å²) in [4.78, 5) is 15.6. The fourth-order valence-corrected chi connectivity index (χ4v) is 4.55. The molecule has 0 atom stereocenters. The number of nitrogens with two attached hydrogens (primary N) is 1. The summed E-state index contributed by atoms with van der Waals surface area (Å²) in [5, 5.41) is 10.0. The van der Waals surface area contributed by atoms with Crippen LogP contribution in [-0.2, 0) is 12.0 Å².